The molecule has 0 spiro atoms. The summed E-state index contributed by atoms with van der Waals surface area (Å²) < 4.78 is 0. The number of hydrogen-bond donors (Lipinski definition) is 2. The number of para-hydroxylation sites is 1. The summed E-state index contributed by atoms with van der Waals surface area (Å²) >= 11 is 0. The third-order valence-corrected chi connectivity index (χ3v) is 2.40. The van der Waals surface area contributed by atoms with Crippen LogP contribution in [0.2, 0.25) is 0 Å². The van der Waals surface area contributed by atoms with Gasteiger partial charge in [0.1, 0.15) is 6.04 Å². The average molecular weight is 236 g/mol. The van der Waals surface area contributed by atoms with Crippen molar-refractivity contribution < 1.29 is 14.7 Å². The van der Waals surface area contributed by atoms with E-state index in [0.717, 1.165) is 5.69 Å². The fourth-order valence-electron chi connectivity index (χ4n) is 1.50. The Kier molecular flexibility index (Phi) is 4.66. The van der Waals surface area contributed by atoms with Gasteiger partial charge in [-0.05, 0) is 19.1 Å². The summed E-state index contributed by atoms with van der Waals surface area (Å²) in [5.74, 6) is -1.45. The number of carboxylic acids is 1. The minimum atomic E-state index is -1.16. The molecule has 5 heteroatoms. The minimum absolute atomic E-state index is 0.196. The second kappa shape index (κ2) is 6.00. The van der Waals surface area contributed by atoms with Crippen molar-refractivity contribution in [1.29, 1.82) is 0 Å². The second-order valence-electron chi connectivity index (χ2n) is 3.62. The molecule has 1 amide bonds. The number of benzene rings is 1. The van der Waals surface area contributed by atoms with Gasteiger partial charge in [-0.2, -0.15) is 0 Å². The maximum Gasteiger partial charge on any atom is 0.321 e. The predicted molar refractivity (Wildman–Crippen MR) is 64.7 cm³/mol. The second-order valence-corrected chi connectivity index (χ2v) is 3.62. The van der Waals surface area contributed by atoms with Gasteiger partial charge in [-0.25, -0.2) is 0 Å². The number of nitrogens with two attached hydrogens (primary N) is 1. The number of carbonyl (C=O) groups is 2. The van der Waals surface area contributed by atoms with Gasteiger partial charge in [-0.1, -0.05) is 18.2 Å². The van der Waals surface area contributed by atoms with Crippen molar-refractivity contribution >= 4 is 17.6 Å². The lowest BCUT2D eigenvalue weighted by Gasteiger charge is -2.21. The summed E-state index contributed by atoms with van der Waals surface area (Å²) in [6, 6.07) is 7.94. The molecule has 1 rings (SSSR count). The lowest BCUT2D eigenvalue weighted by Crippen LogP contribution is -2.39. The highest BCUT2D eigenvalue weighted by molar-refractivity contribution is 5.96. The largest absolute Gasteiger partial charge is 0.480 e. The number of amides is 1. The number of hydrogen-bond acceptors (Lipinski definition) is 3. The number of rotatable bonds is 5. The van der Waals surface area contributed by atoms with Crippen molar-refractivity contribution in [3.63, 3.8) is 0 Å². The van der Waals surface area contributed by atoms with Crippen LogP contribution in [-0.4, -0.2) is 29.6 Å². The van der Waals surface area contributed by atoms with Gasteiger partial charge in [0.05, 0.1) is 6.42 Å². The Labute approximate surface area is 99.8 Å². The number of aliphatic carboxylic acids is 1. The van der Waals surface area contributed by atoms with Crippen LogP contribution in [-0.2, 0) is 9.59 Å². The van der Waals surface area contributed by atoms with Gasteiger partial charge in [0.15, 0.2) is 0 Å². The molecule has 3 N–H and O–H groups in total. The molecule has 1 atom stereocenters. The van der Waals surface area contributed by atoms with Crippen molar-refractivity contribution in [2.24, 2.45) is 5.73 Å². The number of anilines is 1. The van der Waals surface area contributed by atoms with Crippen molar-refractivity contribution in [2.75, 3.05) is 11.4 Å². The fraction of sp³-hybridized carbons (Fsp3) is 0.333. The molecule has 92 valence electrons. The standard InChI is InChI=1S/C12H16N2O3/c1-2-14(9-6-4-3-5-7-9)11(15)8-10(13)12(16)17/h3-7,10H,2,8,13H2,1H3,(H,16,17). The van der Waals surface area contributed by atoms with Gasteiger partial charge in [0, 0.05) is 12.2 Å². The minimum Gasteiger partial charge on any atom is -0.480 e. The summed E-state index contributed by atoms with van der Waals surface area (Å²) in [7, 11) is 0. The van der Waals surface area contributed by atoms with Gasteiger partial charge in [-0.3, -0.25) is 9.59 Å². The van der Waals surface area contributed by atoms with Crippen LogP contribution in [0.1, 0.15) is 13.3 Å². The smallest absolute Gasteiger partial charge is 0.321 e. The summed E-state index contributed by atoms with van der Waals surface area (Å²) in [5.41, 5.74) is 6.09. The van der Waals surface area contributed by atoms with Crippen LogP contribution in [0.15, 0.2) is 30.3 Å². The Morgan fingerprint density at radius 3 is 2.41 bits per heavy atom. The van der Waals surface area contributed by atoms with E-state index in [-0.39, 0.29) is 12.3 Å². The Morgan fingerprint density at radius 2 is 1.94 bits per heavy atom. The molecule has 1 aromatic rings. The predicted octanol–water partition coefficient (Wildman–Crippen LogP) is 0.842. The van der Waals surface area contributed by atoms with Gasteiger partial charge in [0.25, 0.3) is 0 Å². The van der Waals surface area contributed by atoms with Crippen LogP contribution in [0.4, 0.5) is 5.69 Å². The highest BCUT2D eigenvalue weighted by Crippen LogP contribution is 2.14. The Hall–Kier alpha value is -1.88. The molecule has 0 aliphatic heterocycles. The molecule has 0 radical (unpaired) electrons. The lowest BCUT2D eigenvalue weighted by atomic mass is 10.2. The summed E-state index contributed by atoms with van der Waals surface area (Å²) in [6.07, 6.45) is -0.196. The van der Waals surface area contributed by atoms with Gasteiger partial charge < -0.3 is 15.7 Å². The van der Waals surface area contributed by atoms with Crippen LogP contribution in [0.3, 0.4) is 0 Å². The van der Waals surface area contributed by atoms with E-state index in [0.29, 0.717) is 6.54 Å². The van der Waals surface area contributed by atoms with Crippen molar-refractivity contribution in [2.45, 2.75) is 19.4 Å². The zero-order valence-electron chi connectivity index (χ0n) is 9.67. The monoisotopic (exact) mass is 236 g/mol. The maximum absolute atomic E-state index is 11.9. The summed E-state index contributed by atoms with van der Waals surface area (Å²) in [5, 5.41) is 8.66. The first-order chi connectivity index (χ1) is 8.06. The Morgan fingerprint density at radius 1 is 1.35 bits per heavy atom. The molecule has 1 aromatic carbocycles. The van der Waals surface area contributed by atoms with E-state index >= 15 is 0 Å². The number of carboxylic acid groups (broad SMARTS) is 1. The molecule has 0 aliphatic carbocycles. The molecule has 0 saturated carbocycles. The average Bonchev–Trinajstić information content (AvgIpc) is 2.31. The summed E-state index contributed by atoms with van der Waals surface area (Å²) in [6.45, 7) is 2.31. The van der Waals surface area contributed by atoms with Crippen molar-refractivity contribution in [1.82, 2.24) is 0 Å². The Bertz CT molecular complexity index is 392. The van der Waals surface area contributed by atoms with E-state index in [1.165, 1.54) is 4.90 Å². The van der Waals surface area contributed by atoms with Crippen LogP contribution in [0.25, 0.3) is 0 Å². The van der Waals surface area contributed by atoms with Crippen LogP contribution >= 0.6 is 0 Å². The van der Waals surface area contributed by atoms with Gasteiger partial charge >= 0.3 is 5.97 Å². The highest BCUT2D eigenvalue weighted by Gasteiger charge is 2.20. The van der Waals surface area contributed by atoms with Gasteiger partial charge in [-0.15, -0.1) is 0 Å². The SMILES string of the molecule is CCN(C(=O)CC(N)C(=O)O)c1ccccc1. The van der Waals surface area contributed by atoms with E-state index < -0.39 is 12.0 Å². The molecule has 0 heterocycles. The van der Waals surface area contributed by atoms with E-state index in [9.17, 15) is 9.59 Å². The normalized spacial score (nSPS) is 11.9. The molecule has 0 saturated heterocycles. The van der Waals surface area contributed by atoms with E-state index in [2.05, 4.69) is 0 Å². The maximum atomic E-state index is 11.9. The van der Waals surface area contributed by atoms with Crippen LogP contribution in [0.5, 0.6) is 0 Å². The molecule has 0 fully saturated rings. The number of carbonyl (C=O) groups excluding carboxylic acids is 1. The van der Waals surface area contributed by atoms with E-state index in [4.69, 9.17) is 10.8 Å². The molecule has 0 aliphatic rings. The third-order valence-electron chi connectivity index (χ3n) is 2.40. The zero-order chi connectivity index (χ0) is 12.8. The van der Waals surface area contributed by atoms with E-state index in [1.54, 1.807) is 12.1 Å². The molecule has 1 unspecified atom stereocenters. The molecule has 17 heavy (non-hydrogen) atoms. The first-order valence-corrected chi connectivity index (χ1v) is 5.40. The van der Waals surface area contributed by atoms with E-state index in [1.807, 2.05) is 25.1 Å². The van der Waals surface area contributed by atoms with Crippen molar-refractivity contribution in [3.8, 4) is 0 Å². The molecule has 0 bridgehead atoms. The third kappa shape index (κ3) is 3.57. The lowest BCUT2D eigenvalue weighted by molar-refractivity contribution is -0.140. The van der Waals surface area contributed by atoms with Gasteiger partial charge in [0.2, 0.25) is 5.91 Å². The first kappa shape index (κ1) is 13.2. The quantitative estimate of drug-likeness (QED) is 0.793. The molecular weight excluding hydrogens is 220 g/mol. The number of nitrogens with zero attached hydrogens (tertiary/aromatic N) is 1. The molecule has 5 nitrogen and oxygen atoms in total. The Balaban J connectivity index is 2.75. The zero-order valence-corrected chi connectivity index (χ0v) is 9.67. The fourth-order valence-corrected chi connectivity index (χ4v) is 1.50. The summed E-state index contributed by atoms with van der Waals surface area (Å²) in [4.78, 5) is 24.0. The molecular formula is C12H16N2O3. The van der Waals surface area contributed by atoms with Crippen LogP contribution in [0, 0.1) is 0 Å². The highest BCUT2D eigenvalue weighted by atomic mass is 16.4. The first-order valence-electron chi connectivity index (χ1n) is 5.40. The van der Waals surface area contributed by atoms with Crippen LogP contribution < -0.4 is 10.6 Å². The topological polar surface area (TPSA) is 83.6 Å². The molecule has 0 aromatic heterocycles. The van der Waals surface area contributed by atoms with Crippen molar-refractivity contribution in [3.05, 3.63) is 30.3 Å².